The van der Waals surface area contributed by atoms with E-state index in [-0.39, 0.29) is 22.6 Å². The minimum absolute atomic E-state index is 0.162. The van der Waals surface area contributed by atoms with Crippen molar-refractivity contribution in [2.24, 2.45) is 0 Å². The first-order valence-electron chi connectivity index (χ1n) is 8.63. The van der Waals surface area contributed by atoms with E-state index in [0.717, 1.165) is 5.69 Å². The number of hydrogen-bond donors (Lipinski definition) is 3. The zero-order chi connectivity index (χ0) is 21.7. The fraction of sp³-hybridized carbons (Fsp3) is 0.100. The monoisotopic (exact) mass is 427 g/mol. The minimum atomic E-state index is -0.607. The maximum atomic E-state index is 12.0. The van der Waals surface area contributed by atoms with Gasteiger partial charge in [0, 0.05) is 16.4 Å². The number of nitrogens with zero attached hydrogens (tertiary/aromatic N) is 2. The van der Waals surface area contributed by atoms with E-state index in [1.54, 1.807) is 24.3 Å². The molecule has 0 amide bonds. The molecule has 2 aromatic carbocycles. The Bertz CT molecular complexity index is 1050. The van der Waals surface area contributed by atoms with Gasteiger partial charge in [0.2, 0.25) is 0 Å². The SMILES string of the molecule is COC(=O)c1cc(Nc2ncnc(Nc3ccc(Cl)cc3)c2N)cc(C(=O)OC)c1. The molecule has 0 saturated heterocycles. The van der Waals surface area contributed by atoms with Crippen molar-refractivity contribution in [3.8, 4) is 0 Å². The molecular formula is C20H18ClN5O4. The predicted octanol–water partition coefficient (Wildman–Crippen LogP) is 3.77. The van der Waals surface area contributed by atoms with Crippen molar-refractivity contribution in [3.05, 3.63) is 64.9 Å². The van der Waals surface area contributed by atoms with Gasteiger partial charge in [-0.3, -0.25) is 0 Å². The molecule has 0 aliphatic rings. The smallest absolute Gasteiger partial charge is 0.337 e. The van der Waals surface area contributed by atoms with Gasteiger partial charge in [0.1, 0.15) is 12.0 Å². The van der Waals surface area contributed by atoms with Crippen LogP contribution in [0.3, 0.4) is 0 Å². The van der Waals surface area contributed by atoms with E-state index in [1.807, 2.05) is 0 Å². The van der Waals surface area contributed by atoms with E-state index >= 15 is 0 Å². The molecule has 0 aliphatic carbocycles. The number of anilines is 5. The average Bonchev–Trinajstić information content (AvgIpc) is 2.76. The topological polar surface area (TPSA) is 128 Å². The lowest BCUT2D eigenvalue weighted by atomic mass is 10.1. The summed E-state index contributed by atoms with van der Waals surface area (Å²) in [5, 5.41) is 6.68. The van der Waals surface area contributed by atoms with Crippen LogP contribution in [0, 0.1) is 0 Å². The zero-order valence-electron chi connectivity index (χ0n) is 16.1. The number of halogens is 1. The number of esters is 2. The number of methoxy groups -OCH3 is 2. The number of nitrogen functional groups attached to an aromatic ring is 1. The first kappa shape index (κ1) is 20.9. The third-order valence-corrected chi connectivity index (χ3v) is 4.28. The van der Waals surface area contributed by atoms with Crippen molar-refractivity contribution in [1.29, 1.82) is 0 Å². The third kappa shape index (κ3) is 4.76. The lowest BCUT2D eigenvalue weighted by Crippen LogP contribution is -2.09. The predicted molar refractivity (Wildman–Crippen MR) is 114 cm³/mol. The Hall–Kier alpha value is -3.85. The van der Waals surface area contributed by atoms with Gasteiger partial charge in [-0.15, -0.1) is 0 Å². The number of nitrogens with two attached hydrogens (primary N) is 1. The van der Waals surface area contributed by atoms with Crippen molar-refractivity contribution in [3.63, 3.8) is 0 Å². The summed E-state index contributed by atoms with van der Waals surface area (Å²) in [5.41, 5.74) is 7.88. The highest BCUT2D eigenvalue weighted by atomic mass is 35.5. The summed E-state index contributed by atoms with van der Waals surface area (Å²) in [6, 6.07) is 11.4. The quantitative estimate of drug-likeness (QED) is 0.503. The molecule has 9 nitrogen and oxygen atoms in total. The second-order valence-electron chi connectivity index (χ2n) is 6.02. The Morgan fingerprint density at radius 1 is 0.867 bits per heavy atom. The molecule has 0 unspecified atom stereocenters. The number of carbonyl (C=O) groups excluding carboxylic acids is 2. The van der Waals surface area contributed by atoms with E-state index in [9.17, 15) is 9.59 Å². The fourth-order valence-electron chi connectivity index (χ4n) is 2.57. The van der Waals surface area contributed by atoms with Crippen LogP contribution in [0.5, 0.6) is 0 Å². The van der Waals surface area contributed by atoms with Crippen LogP contribution < -0.4 is 16.4 Å². The normalized spacial score (nSPS) is 10.2. The number of rotatable bonds is 6. The second-order valence-corrected chi connectivity index (χ2v) is 6.46. The highest BCUT2D eigenvalue weighted by Gasteiger charge is 2.15. The van der Waals surface area contributed by atoms with E-state index in [0.29, 0.717) is 16.5 Å². The molecule has 0 atom stereocenters. The Morgan fingerprint density at radius 3 is 1.87 bits per heavy atom. The van der Waals surface area contributed by atoms with Crippen LogP contribution in [-0.2, 0) is 9.47 Å². The van der Waals surface area contributed by atoms with Gasteiger partial charge in [0.15, 0.2) is 11.6 Å². The van der Waals surface area contributed by atoms with Crippen LogP contribution >= 0.6 is 11.6 Å². The number of benzene rings is 2. The zero-order valence-corrected chi connectivity index (χ0v) is 16.9. The Labute approximate surface area is 177 Å². The molecule has 3 aromatic rings. The highest BCUT2D eigenvalue weighted by Crippen LogP contribution is 2.29. The molecule has 0 bridgehead atoms. The van der Waals surface area contributed by atoms with E-state index in [4.69, 9.17) is 26.8 Å². The summed E-state index contributed by atoms with van der Waals surface area (Å²) >= 11 is 5.90. The van der Waals surface area contributed by atoms with E-state index < -0.39 is 11.9 Å². The molecule has 3 rings (SSSR count). The van der Waals surface area contributed by atoms with Gasteiger partial charge in [-0.2, -0.15) is 0 Å². The van der Waals surface area contributed by atoms with Crippen LogP contribution in [0.1, 0.15) is 20.7 Å². The Balaban J connectivity index is 1.93. The molecule has 154 valence electrons. The summed E-state index contributed by atoms with van der Waals surface area (Å²) in [6.07, 6.45) is 1.32. The summed E-state index contributed by atoms with van der Waals surface area (Å²) in [7, 11) is 2.49. The number of aromatic nitrogens is 2. The van der Waals surface area contributed by atoms with Crippen molar-refractivity contribution in [1.82, 2.24) is 9.97 Å². The number of carbonyl (C=O) groups is 2. The molecule has 10 heteroatoms. The number of nitrogens with one attached hydrogen (secondary N) is 2. The Morgan fingerprint density at radius 2 is 1.37 bits per heavy atom. The van der Waals surface area contributed by atoms with Crippen LogP contribution in [0.25, 0.3) is 0 Å². The van der Waals surface area contributed by atoms with Crippen LogP contribution in [0.4, 0.5) is 28.7 Å². The lowest BCUT2D eigenvalue weighted by molar-refractivity contribution is 0.0599. The van der Waals surface area contributed by atoms with Crippen LogP contribution in [0.15, 0.2) is 48.8 Å². The standard InChI is InChI=1S/C20H18ClN5O4/c1-29-19(27)11-7-12(20(28)30-2)9-15(8-11)26-18-16(22)17(23-10-24-18)25-14-5-3-13(21)4-6-14/h3-10H,22H2,1-2H3,(H2,23,24,25,26). The fourth-order valence-corrected chi connectivity index (χ4v) is 2.70. The van der Waals surface area contributed by atoms with Crippen LogP contribution in [-0.4, -0.2) is 36.1 Å². The lowest BCUT2D eigenvalue weighted by Gasteiger charge is -2.14. The summed E-state index contributed by atoms with van der Waals surface area (Å²) in [5.74, 6) is -0.569. The third-order valence-electron chi connectivity index (χ3n) is 4.03. The van der Waals surface area contributed by atoms with Crippen molar-refractivity contribution in [2.75, 3.05) is 30.6 Å². The van der Waals surface area contributed by atoms with Crippen LogP contribution in [0.2, 0.25) is 5.02 Å². The molecule has 0 spiro atoms. The molecule has 0 aliphatic heterocycles. The summed E-state index contributed by atoms with van der Waals surface area (Å²) in [6.45, 7) is 0. The average molecular weight is 428 g/mol. The van der Waals surface area contributed by atoms with E-state index in [1.165, 1.54) is 38.7 Å². The van der Waals surface area contributed by atoms with Gasteiger partial charge < -0.3 is 25.8 Å². The first-order valence-corrected chi connectivity index (χ1v) is 9.01. The van der Waals surface area contributed by atoms with Gasteiger partial charge in [0.05, 0.1) is 25.3 Å². The molecule has 1 heterocycles. The first-order chi connectivity index (χ1) is 14.4. The maximum absolute atomic E-state index is 12.0. The minimum Gasteiger partial charge on any atom is -0.465 e. The van der Waals surface area contributed by atoms with Gasteiger partial charge in [-0.1, -0.05) is 11.6 Å². The molecular weight excluding hydrogens is 410 g/mol. The van der Waals surface area contributed by atoms with E-state index in [2.05, 4.69) is 20.6 Å². The van der Waals surface area contributed by atoms with Gasteiger partial charge in [-0.25, -0.2) is 19.6 Å². The van der Waals surface area contributed by atoms with Crippen molar-refractivity contribution < 1.29 is 19.1 Å². The van der Waals surface area contributed by atoms with Crippen molar-refractivity contribution in [2.45, 2.75) is 0 Å². The number of ether oxygens (including phenoxy) is 2. The van der Waals surface area contributed by atoms with Gasteiger partial charge in [-0.05, 0) is 42.5 Å². The van der Waals surface area contributed by atoms with Gasteiger partial charge >= 0.3 is 11.9 Å². The number of hydrogen-bond acceptors (Lipinski definition) is 9. The van der Waals surface area contributed by atoms with Gasteiger partial charge in [0.25, 0.3) is 0 Å². The van der Waals surface area contributed by atoms with Crippen molar-refractivity contribution >= 4 is 52.2 Å². The highest BCUT2D eigenvalue weighted by molar-refractivity contribution is 6.30. The molecule has 30 heavy (non-hydrogen) atoms. The molecule has 0 radical (unpaired) electrons. The molecule has 1 aromatic heterocycles. The summed E-state index contributed by atoms with van der Waals surface area (Å²) in [4.78, 5) is 32.2. The largest absolute Gasteiger partial charge is 0.465 e. The molecule has 0 saturated carbocycles. The molecule has 0 fully saturated rings. The molecule has 4 N–H and O–H groups in total. The summed E-state index contributed by atoms with van der Waals surface area (Å²) < 4.78 is 9.48. The second kappa shape index (κ2) is 9.10. The maximum Gasteiger partial charge on any atom is 0.337 e. The Kier molecular flexibility index (Phi) is 6.33.